The molecule has 1 aliphatic rings. The molecule has 2 aromatic heterocycles. The van der Waals surface area contributed by atoms with E-state index in [2.05, 4.69) is 108 Å². The van der Waals surface area contributed by atoms with E-state index in [1.807, 2.05) is 34.9 Å². The van der Waals surface area contributed by atoms with E-state index < -0.39 is 0 Å². The van der Waals surface area contributed by atoms with E-state index in [1.165, 1.54) is 16.3 Å². The van der Waals surface area contributed by atoms with Crippen LogP contribution in [0.3, 0.4) is 0 Å². The number of aromatic nitrogens is 2. The van der Waals surface area contributed by atoms with Crippen LogP contribution in [0.1, 0.15) is 0 Å². The number of nitrogens with one attached hydrogen (secondary N) is 1. The van der Waals surface area contributed by atoms with Gasteiger partial charge in [-0.15, -0.1) is 0 Å². The normalized spacial score (nSPS) is 14.5. The van der Waals surface area contributed by atoms with Gasteiger partial charge in [-0.1, -0.05) is 104 Å². The topological polar surface area (TPSA) is 46.1 Å². The molecule has 0 atom stereocenters. The summed E-state index contributed by atoms with van der Waals surface area (Å²) in [5, 5.41) is 16.1. The van der Waals surface area contributed by atoms with Crippen LogP contribution in [0.25, 0.3) is 60.1 Å². The van der Waals surface area contributed by atoms with Gasteiger partial charge in [-0.05, 0) is 35.9 Å². The van der Waals surface area contributed by atoms with Crippen LogP contribution >= 0.6 is 0 Å². The van der Waals surface area contributed by atoms with Crippen molar-refractivity contribution in [2.45, 2.75) is 0 Å². The number of rotatable bonds is 1. The molecule has 0 spiro atoms. The summed E-state index contributed by atoms with van der Waals surface area (Å²) in [4.78, 5) is 4.78. The molecule has 40 heavy (non-hydrogen) atoms. The summed E-state index contributed by atoms with van der Waals surface area (Å²) >= 11 is 0. The SMILES string of the molecule is C=C1C=CC=CC1=NC(=N)n1c2ccccc2c2c3c4ccccc4n(-c4ccccc4)c3c3ccccc3c21. The van der Waals surface area contributed by atoms with Gasteiger partial charge < -0.3 is 4.57 Å². The van der Waals surface area contributed by atoms with Crippen molar-refractivity contribution in [3.05, 3.63) is 140 Å². The largest absolute Gasteiger partial charge is 0.309 e. The van der Waals surface area contributed by atoms with E-state index in [0.29, 0.717) is 5.71 Å². The van der Waals surface area contributed by atoms with Crippen molar-refractivity contribution in [3.63, 3.8) is 0 Å². The fraction of sp³-hybridized carbons (Fsp3) is 0. The van der Waals surface area contributed by atoms with Gasteiger partial charge in [0.1, 0.15) is 0 Å². The van der Waals surface area contributed by atoms with E-state index in [9.17, 15) is 5.41 Å². The summed E-state index contributed by atoms with van der Waals surface area (Å²) in [7, 11) is 0. The maximum atomic E-state index is 9.29. The zero-order valence-electron chi connectivity index (χ0n) is 21.7. The first kappa shape index (κ1) is 22.5. The smallest absolute Gasteiger partial charge is 0.227 e. The first-order valence-corrected chi connectivity index (χ1v) is 13.4. The maximum absolute atomic E-state index is 9.29. The van der Waals surface area contributed by atoms with Gasteiger partial charge in [0.05, 0.1) is 27.8 Å². The minimum Gasteiger partial charge on any atom is -0.309 e. The molecule has 5 aromatic carbocycles. The Morgan fingerprint density at radius 3 is 1.88 bits per heavy atom. The second kappa shape index (κ2) is 8.52. The highest BCUT2D eigenvalue weighted by Gasteiger charge is 2.24. The zero-order valence-corrected chi connectivity index (χ0v) is 21.7. The maximum Gasteiger partial charge on any atom is 0.227 e. The van der Waals surface area contributed by atoms with Crippen molar-refractivity contribution in [2.24, 2.45) is 4.99 Å². The first-order valence-electron chi connectivity index (χ1n) is 13.4. The molecule has 0 radical (unpaired) electrons. The first-order chi connectivity index (χ1) is 19.7. The lowest BCUT2D eigenvalue weighted by Crippen LogP contribution is -2.12. The Morgan fingerprint density at radius 1 is 0.600 bits per heavy atom. The van der Waals surface area contributed by atoms with Crippen LogP contribution in [0.2, 0.25) is 0 Å². The van der Waals surface area contributed by atoms with Crippen molar-refractivity contribution in [3.8, 4) is 5.69 Å². The van der Waals surface area contributed by atoms with Gasteiger partial charge in [0.15, 0.2) is 0 Å². The average molecular weight is 513 g/mol. The molecular formula is C36H24N4. The molecule has 0 saturated carbocycles. The molecule has 4 nitrogen and oxygen atoms in total. The summed E-state index contributed by atoms with van der Waals surface area (Å²) in [5.41, 5.74) is 6.90. The Balaban J connectivity index is 1.62. The Morgan fingerprint density at radius 2 is 1.15 bits per heavy atom. The van der Waals surface area contributed by atoms with E-state index in [4.69, 9.17) is 4.99 Å². The van der Waals surface area contributed by atoms with Gasteiger partial charge in [0.25, 0.3) is 0 Å². The van der Waals surface area contributed by atoms with Gasteiger partial charge in [-0.3, -0.25) is 9.98 Å². The number of fused-ring (bicyclic) bond motifs is 10. The fourth-order valence-electron chi connectivity index (χ4n) is 6.24. The summed E-state index contributed by atoms with van der Waals surface area (Å²) in [6.07, 6.45) is 7.71. The van der Waals surface area contributed by atoms with E-state index >= 15 is 0 Å². The quantitative estimate of drug-likeness (QED) is 0.169. The second-order valence-corrected chi connectivity index (χ2v) is 10.1. The highest BCUT2D eigenvalue weighted by Crippen LogP contribution is 2.45. The third-order valence-electron chi connectivity index (χ3n) is 7.88. The molecule has 0 unspecified atom stereocenters. The highest BCUT2D eigenvalue weighted by molar-refractivity contribution is 6.38. The molecule has 0 bridgehead atoms. The number of benzene rings is 5. The molecule has 1 N–H and O–H groups in total. The summed E-state index contributed by atoms with van der Waals surface area (Å²) < 4.78 is 4.39. The third kappa shape index (κ3) is 3.07. The minimum absolute atomic E-state index is 0.165. The standard InChI is InChI=1S/C36H24N4/c1-23-13-5-10-20-29(23)38-36(37)40-31-22-12-9-19-28(31)33-32-27-18-8-11-21-30(27)39(24-14-3-2-4-15-24)34(32)25-16-6-7-17-26(25)35(33)40/h2-22,37H,1H2. The van der Waals surface area contributed by atoms with Gasteiger partial charge in [0.2, 0.25) is 5.96 Å². The van der Waals surface area contributed by atoms with Crippen LogP contribution in [-0.2, 0) is 0 Å². The van der Waals surface area contributed by atoms with Gasteiger partial charge in [-0.2, -0.15) is 0 Å². The molecule has 2 heterocycles. The Labute approximate surface area is 230 Å². The molecule has 0 fully saturated rings. The van der Waals surface area contributed by atoms with Crippen LogP contribution in [0.4, 0.5) is 0 Å². The number of hydrogen-bond donors (Lipinski definition) is 1. The molecule has 1 aliphatic carbocycles. The van der Waals surface area contributed by atoms with Crippen molar-refractivity contribution >= 4 is 66.1 Å². The van der Waals surface area contributed by atoms with Crippen molar-refractivity contribution in [2.75, 3.05) is 0 Å². The minimum atomic E-state index is 0.165. The second-order valence-electron chi connectivity index (χ2n) is 10.1. The van der Waals surface area contributed by atoms with Gasteiger partial charge in [-0.25, -0.2) is 4.99 Å². The summed E-state index contributed by atoms with van der Waals surface area (Å²) in [6, 6.07) is 36.1. The molecule has 0 saturated heterocycles. The lowest BCUT2D eigenvalue weighted by Gasteiger charge is -2.13. The van der Waals surface area contributed by atoms with Crippen LogP contribution in [0.15, 0.2) is 145 Å². The van der Waals surface area contributed by atoms with Crippen molar-refractivity contribution in [1.82, 2.24) is 9.13 Å². The number of aliphatic imine (C=N–C) groups is 1. The Hall–Kier alpha value is -5.48. The molecule has 7 aromatic rings. The lowest BCUT2D eigenvalue weighted by atomic mass is 9.99. The zero-order chi connectivity index (χ0) is 26.8. The molecular weight excluding hydrogens is 488 g/mol. The lowest BCUT2D eigenvalue weighted by molar-refractivity contribution is 1.18. The van der Waals surface area contributed by atoms with Crippen molar-refractivity contribution < 1.29 is 0 Å². The van der Waals surface area contributed by atoms with Crippen LogP contribution in [0, 0.1) is 5.41 Å². The monoisotopic (exact) mass is 512 g/mol. The van der Waals surface area contributed by atoms with E-state index in [0.717, 1.165) is 49.4 Å². The van der Waals surface area contributed by atoms with Gasteiger partial charge in [0, 0.05) is 38.0 Å². The van der Waals surface area contributed by atoms with Gasteiger partial charge >= 0.3 is 0 Å². The van der Waals surface area contributed by atoms with Crippen molar-refractivity contribution in [1.29, 1.82) is 5.41 Å². The fourth-order valence-corrected chi connectivity index (χ4v) is 6.24. The number of nitrogens with zero attached hydrogens (tertiary/aromatic N) is 3. The van der Waals surface area contributed by atoms with Crippen LogP contribution < -0.4 is 0 Å². The molecule has 0 amide bonds. The Bertz CT molecular complexity index is 2290. The van der Waals surface area contributed by atoms with Crippen LogP contribution in [0.5, 0.6) is 0 Å². The van der Waals surface area contributed by atoms with E-state index in [1.54, 1.807) is 0 Å². The third-order valence-corrected chi connectivity index (χ3v) is 7.88. The molecule has 0 aliphatic heterocycles. The number of para-hydroxylation sites is 3. The average Bonchev–Trinajstić information content (AvgIpc) is 3.53. The Kier molecular flexibility index (Phi) is 4.79. The van der Waals surface area contributed by atoms with Crippen LogP contribution in [-0.4, -0.2) is 20.8 Å². The number of allylic oxidation sites excluding steroid dienone is 5. The predicted octanol–water partition coefficient (Wildman–Crippen LogP) is 8.95. The molecule has 4 heteroatoms. The molecule has 188 valence electrons. The predicted molar refractivity (Wildman–Crippen MR) is 169 cm³/mol. The molecule has 8 rings (SSSR count). The number of hydrogen-bond acceptors (Lipinski definition) is 1. The highest BCUT2D eigenvalue weighted by atomic mass is 15.2. The summed E-state index contributed by atoms with van der Waals surface area (Å²) in [5.74, 6) is 0.165. The van der Waals surface area contributed by atoms with E-state index in [-0.39, 0.29) is 5.96 Å². The summed E-state index contributed by atoms with van der Waals surface area (Å²) in [6.45, 7) is 4.13.